The van der Waals surface area contributed by atoms with Gasteiger partial charge < -0.3 is 14.6 Å². The van der Waals surface area contributed by atoms with Crippen LogP contribution < -0.4 is 4.74 Å². The molecule has 2 aliphatic rings. The van der Waals surface area contributed by atoms with Crippen LogP contribution in [-0.4, -0.2) is 30.2 Å². The van der Waals surface area contributed by atoms with Crippen molar-refractivity contribution in [1.29, 1.82) is 0 Å². The van der Waals surface area contributed by atoms with Crippen LogP contribution in [-0.2, 0) is 22.7 Å². The summed E-state index contributed by atoms with van der Waals surface area (Å²) in [6.45, 7) is 4.83. The number of likely N-dealkylation sites (tertiary alicyclic amines) is 1. The topological polar surface area (TPSA) is 41.9 Å². The summed E-state index contributed by atoms with van der Waals surface area (Å²) in [6.07, 6.45) is 3.80. The van der Waals surface area contributed by atoms with E-state index in [1.165, 1.54) is 24.8 Å². The minimum Gasteiger partial charge on any atom is -0.496 e. The Hall–Kier alpha value is -2.66. The third kappa shape index (κ3) is 3.43. The van der Waals surface area contributed by atoms with Crippen molar-refractivity contribution in [3.8, 4) is 5.75 Å². The Kier molecular flexibility index (Phi) is 5.54. The molecule has 5 rings (SSSR count). The smallest absolute Gasteiger partial charge is 0.191 e. The predicted molar refractivity (Wildman–Crippen MR) is 126 cm³/mol. The molecule has 2 unspecified atom stereocenters. The summed E-state index contributed by atoms with van der Waals surface area (Å²) >= 11 is 0. The average molecular weight is 430 g/mol. The Morgan fingerprint density at radius 1 is 0.812 bits per heavy atom. The Balaban J connectivity index is 1.76. The van der Waals surface area contributed by atoms with Crippen molar-refractivity contribution in [2.45, 2.75) is 44.1 Å². The van der Waals surface area contributed by atoms with Crippen molar-refractivity contribution in [2.75, 3.05) is 20.2 Å². The molecule has 4 heteroatoms. The lowest BCUT2D eigenvalue weighted by Gasteiger charge is -2.36. The van der Waals surface area contributed by atoms with Crippen LogP contribution in [0.15, 0.2) is 72.8 Å². The maximum atomic E-state index is 11.4. The molecule has 0 amide bonds. The minimum absolute atomic E-state index is 0.743. The van der Waals surface area contributed by atoms with E-state index in [-0.39, 0.29) is 0 Å². The van der Waals surface area contributed by atoms with E-state index < -0.39 is 11.4 Å². The van der Waals surface area contributed by atoms with Gasteiger partial charge in [0.25, 0.3) is 0 Å². The van der Waals surface area contributed by atoms with Crippen molar-refractivity contribution in [1.82, 2.24) is 4.90 Å². The zero-order valence-electron chi connectivity index (χ0n) is 18.9. The highest BCUT2D eigenvalue weighted by Crippen LogP contribution is 2.55. The first-order valence-corrected chi connectivity index (χ1v) is 11.5. The largest absolute Gasteiger partial charge is 0.496 e. The summed E-state index contributed by atoms with van der Waals surface area (Å²) in [4.78, 5) is 2.53. The molecule has 2 heterocycles. The second-order valence-corrected chi connectivity index (χ2v) is 9.01. The van der Waals surface area contributed by atoms with Crippen LogP contribution in [0, 0.1) is 0 Å². The molecule has 1 saturated heterocycles. The molecule has 0 bridgehead atoms. The van der Waals surface area contributed by atoms with Gasteiger partial charge in [-0.15, -0.1) is 0 Å². The molecule has 0 radical (unpaired) electrons. The number of nitrogens with zero attached hydrogens (tertiary/aromatic N) is 1. The first-order valence-electron chi connectivity index (χ1n) is 11.5. The fourth-order valence-corrected chi connectivity index (χ4v) is 5.44. The molecule has 0 saturated carbocycles. The lowest BCUT2D eigenvalue weighted by Crippen LogP contribution is -2.36. The minimum atomic E-state index is -1.42. The summed E-state index contributed by atoms with van der Waals surface area (Å²) < 4.78 is 12.5. The fraction of sp³-hybridized carbons (Fsp3) is 0.357. The monoisotopic (exact) mass is 429 g/mol. The highest BCUT2D eigenvalue weighted by Gasteiger charge is 2.54. The SMILES string of the molecule is COc1ccccc1C1(c2ccccc2CN2CCCCC2)OC(C)(O)c2ccccc21. The van der Waals surface area contributed by atoms with Crippen LogP contribution in [0.25, 0.3) is 0 Å². The van der Waals surface area contributed by atoms with Crippen molar-refractivity contribution in [3.63, 3.8) is 0 Å². The Morgan fingerprint density at radius 2 is 1.41 bits per heavy atom. The van der Waals surface area contributed by atoms with Gasteiger partial charge in [0.2, 0.25) is 0 Å². The quantitative estimate of drug-likeness (QED) is 0.608. The molecule has 1 N–H and O–H groups in total. The van der Waals surface area contributed by atoms with Gasteiger partial charge in [-0.05, 0) is 50.0 Å². The Labute approximate surface area is 190 Å². The maximum Gasteiger partial charge on any atom is 0.191 e. The lowest BCUT2D eigenvalue weighted by molar-refractivity contribution is -0.225. The van der Waals surface area contributed by atoms with E-state index in [2.05, 4.69) is 41.3 Å². The normalized spacial score (nSPS) is 25.5. The van der Waals surface area contributed by atoms with E-state index in [4.69, 9.17) is 9.47 Å². The molecule has 2 atom stereocenters. The van der Waals surface area contributed by atoms with Crippen LogP contribution in [0.4, 0.5) is 0 Å². The molecule has 0 aliphatic carbocycles. The Morgan fingerprint density at radius 3 is 2.12 bits per heavy atom. The van der Waals surface area contributed by atoms with E-state index in [1.807, 2.05) is 36.4 Å². The fourth-order valence-electron chi connectivity index (χ4n) is 5.44. The highest BCUT2D eigenvalue weighted by molar-refractivity contribution is 5.59. The number of para-hydroxylation sites is 1. The van der Waals surface area contributed by atoms with Crippen LogP contribution in [0.2, 0.25) is 0 Å². The first kappa shape index (κ1) is 21.2. The Bertz CT molecular complexity index is 1100. The number of methoxy groups -OCH3 is 1. The first-order chi connectivity index (χ1) is 15.6. The molecule has 166 valence electrons. The summed E-state index contributed by atoms with van der Waals surface area (Å²) in [6, 6.07) is 24.5. The molecule has 3 aromatic rings. The van der Waals surface area contributed by atoms with Crippen LogP contribution in [0.1, 0.15) is 54.0 Å². The second kappa shape index (κ2) is 8.36. The molecule has 4 nitrogen and oxygen atoms in total. The zero-order chi connectivity index (χ0) is 22.2. The van der Waals surface area contributed by atoms with Crippen molar-refractivity contribution in [2.24, 2.45) is 0 Å². The van der Waals surface area contributed by atoms with Crippen LogP contribution in [0.5, 0.6) is 5.75 Å². The molecule has 1 fully saturated rings. The lowest BCUT2D eigenvalue weighted by atomic mass is 9.77. The predicted octanol–water partition coefficient (Wildman–Crippen LogP) is 5.17. The van der Waals surface area contributed by atoms with Gasteiger partial charge in [0, 0.05) is 23.2 Å². The van der Waals surface area contributed by atoms with Crippen LogP contribution >= 0.6 is 0 Å². The van der Waals surface area contributed by atoms with Gasteiger partial charge >= 0.3 is 0 Å². The number of hydrogen-bond donors (Lipinski definition) is 1. The standard InChI is InChI=1S/C28H31NO3/c1-27(30)23-14-6-7-15-24(23)28(32-27,25-16-8-9-17-26(25)31-2)22-13-5-4-12-21(22)20-29-18-10-3-11-19-29/h4-9,12-17,30H,3,10-11,18-20H2,1-2H3. The molecule has 0 spiro atoms. The van der Waals surface area contributed by atoms with Gasteiger partial charge in [-0.1, -0.05) is 73.2 Å². The average Bonchev–Trinajstić information content (AvgIpc) is 3.08. The molecule has 0 aromatic heterocycles. The summed E-state index contributed by atoms with van der Waals surface area (Å²) in [5.74, 6) is -0.678. The zero-order valence-corrected chi connectivity index (χ0v) is 18.9. The number of rotatable bonds is 5. The molecule has 3 aromatic carbocycles. The second-order valence-electron chi connectivity index (χ2n) is 9.01. The van der Waals surface area contributed by atoms with Crippen molar-refractivity contribution >= 4 is 0 Å². The van der Waals surface area contributed by atoms with Gasteiger partial charge in [0.1, 0.15) is 5.75 Å². The summed E-state index contributed by atoms with van der Waals surface area (Å²) in [5.41, 5.74) is 3.95. The number of ether oxygens (including phenoxy) is 2. The molecule has 32 heavy (non-hydrogen) atoms. The number of hydrogen-bond acceptors (Lipinski definition) is 4. The van der Waals surface area contributed by atoms with E-state index in [0.29, 0.717) is 0 Å². The number of piperidine rings is 1. The highest BCUT2D eigenvalue weighted by atomic mass is 16.6. The maximum absolute atomic E-state index is 11.4. The number of aliphatic hydroxyl groups is 1. The van der Waals surface area contributed by atoms with Gasteiger partial charge in [-0.2, -0.15) is 0 Å². The molecule has 2 aliphatic heterocycles. The van der Waals surface area contributed by atoms with E-state index in [0.717, 1.165) is 47.6 Å². The van der Waals surface area contributed by atoms with Gasteiger partial charge in [0.15, 0.2) is 11.4 Å². The van der Waals surface area contributed by atoms with Crippen molar-refractivity contribution in [3.05, 3.63) is 101 Å². The van der Waals surface area contributed by atoms with E-state index in [9.17, 15) is 5.11 Å². The van der Waals surface area contributed by atoms with E-state index >= 15 is 0 Å². The third-order valence-corrected chi connectivity index (χ3v) is 6.88. The third-order valence-electron chi connectivity index (χ3n) is 6.88. The number of benzene rings is 3. The van der Waals surface area contributed by atoms with Gasteiger partial charge in [-0.25, -0.2) is 0 Å². The molecular weight excluding hydrogens is 398 g/mol. The summed E-state index contributed by atoms with van der Waals surface area (Å²) in [7, 11) is 1.69. The molecular formula is C28H31NO3. The van der Waals surface area contributed by atoms with E-state index in [1.54, 1.807) is 14.0 Å². The number of fused-ring (bicyclic) bond motifs is 1. The van der Waals surface area contributed by atoms with Crippen LogP contribution in [0.3, 0.4) is 0 Å². The van der Waals surface area contributed by atoms with Gasteiger partial charge in [-0.3, -0.25) is 4.90 Å². The van der Waals surface area contributed by atoms with Gasteiger partial charge in [0.05, 0.1) is 7.11 Å². The summed E-state index contributed by atoms with van der Waals surface area (Å²) in [5, 5.41) is 11.4. The van der Waals surface area contributed by atoms with Crippen molar-refractivity contribution < 1.29 is 14.6 Å².